The van der Waals surface area contributed by atoms with Crippen molar-refractivity contribution < 1.29 is 33.0 Å². The minimum Gasteiger partial charge on any atom is -0.545 e. The fourth-order valence-corrected chi connectivity index (χ4v) is 1.38. The third kappa shape index (κ3) is 3.28. The number of halogens is 3. The fraction of sp³-hybridized carbons (Fsp3) is 0.300. The Labute approximate surface area is 110 Å². The van der Waals surface area contributed by atoms with E-state index in [0.29, 0.717) is 0 Å². The number of carbonyl (C=O) groups excluding carboxylic acids is 2. The number of nitrogens with one attached hydrogen (secondary N) is 1. The van der Waals surface area contributed by atoms with Crippen LogP contribution in [0.15, 0.2) is 23.5 Å². The van der Waals surface area contributed by atoms with Crippen molar-refractivity contribution in [2.75, 3.05) is 5.32 Å². The topological polar surface area (TPSA) is 110 Å². The number of alkyl halides is 3. The van der Waals surface area contributed by atoms with Crippen LogP contribution in [-0.4, -0.2) is 27.9 Å². The Morgan fingerprint density at radius 2 is 1.90 bits per heavy atom. The fourth-order valence-electron chi connectivity index (χ4n) is 1.38. The zero-order chi connectivity index (χ0) is 15.5. The Kier molecular flexibility index (Phi) is 4.38. The number of rotatable bonds is 5. The van der Waals surface area contributed by atoms with Crippen LogP contribution < -0.4 is 15.5 Å². The molecular weight excluding hydrogens is 283 g/mol. The first-order valence-electron chi connectivity index (χ1n) is 5.21. The molecule has 0 saturated carbocycles. The van der Waals surface area contributed by atoms with Crippen LogP contribution in [0.3, 0.4) is 0 Å². The number of carboxylic acids is 2. The predicted octanol–water partition coefficient (Wildman–Crippen LogP) is -1.37. The molecule has 0 atom stereocenters. The molecule has 0 bridgehead atoms. The summed E-state index contributed by atoms with van der Waals surface area (Å²) in [5.41, 5.74) is -4.01. The van der Waals surface area contributed by atoms with Gasteiger partial charge in [-0.05, 0) is 6.92 Å². The normalized spacial score (nSPS) is 11.0. The SMILES string of the molecule is CCn1nccc1NC(=C(C(=O)[O-])C(=O)[O-])C(F)(F)F. The molecule has 1 rings (SSSR count). The van der Waals surface area contributed by atoms with E-state index in [2.05, 4.69) is 5.10 Å². The first kappa shape index (κ1) is 15.5. The lowest BCUT2D eigenvalue weighted by Gasteiger charge is -2.21. The maximum atomic E-state index is 12.8. The minimum absolute atomic E-state index is 0.187. The summed E-state index contributed by atoms with van der Waals surface area (Å²) in [5.74, 6) is -5.24. The Balaban J connectivity index is 3.38. The molecule has 0 unspecified atom stereocenters. The highest BCUT2D eigenvalue weighted by Gasteiger charge is 2.38. The van der Waals surface area contributed by atoms with Gasteiger partial charge >= 0.3 is 6.18 Å². The molecule has 1 N–H and O–H groups in total. The van der Waals surface area contributed by atoms with Crippen molar-refractivity contribution in [3.63, 3.8) is 0 Å². The Morgan fingerprint density at radius 1 is 1.35 bits per heavy atom. The summed E-state index contributed by atoms with van der Waals surface area (Å²) in [7, 11) is 0. The van der Waals surface area contributed by atoms with Crippen molar-refractivity contribution >= 4 is 17.8 Å². The van der Waals surface area contributed by atoms with Gasteiger partial charge in [0.15, 0.2) is 0 Å². The molecule has 0 aliphatic heterocycles. The average Bonchev–Trinajstić information content (AvgIpc) is 2.73. The van der Waals surface area contributed by atoms with E-state index >= 15 is 0 Å². The monoisotopic (exact) mass is 291 g/mol. The Bertz CT molecular complexity index is 546. The largest absolute Gasteiger partial charge is 0.545 e. The van der Waals surface area contributed by atoms with Crippen LogP contribution in [0.25, 0.3) is 0 Å². The molecule has 110 valence electrons. The number of nitrogens with zero attached hydrogens (tertiary/aromatic N) is 2. The molecule has 0 amide bonds. The van der Waals surface area contributed by atoms with Crippen molar-refractivity contribution in [3.05, 3.63) is 23.5 Å². The summed E-state index contributed by atoms with van der Waals surface area (Å²) >= 11 is 0. The van der Waals surface area contributed by atoms with Gasteiger partial charge in [-0.1, -0.05) is 0 Å². The Hall–Kier alpha value is -2.52. The van der Waals surface area contributed by atoms with Crippen molar-refractivity contribution in [2.24, 2.45) is 0 Å². The first-order valence-corrected chi connectivity index (χ1v) is 5.21. The predicted molar refractivity (Wildman–Crippen MR) is 54.6 cm³/mol. The summed E-state index contributed by atoms with van der Waals surface area (Å²) in [6, 6.07) is 1.12. The first-order chi connectivity index (χ1) is 9.18. The van der Waals surface area contributed by atoms with Crippen molar-refractivity contribution in [3.8, 4) is 0 Å². The number of hydrogen-bond donors (Lipinski definition) is 1. The van der Waals surface area contributed by atoms with Gasteiger partial charge in [0.25, 0.3) is 0 Å². The maximum absolute atomic E-state index is 12.8. The number of aromatic nitrogens is 2. The molecule has 0 aliphatic rings. The van der Waals surface area contributed by atoms with E-state index in [1.54, 1.807) is 12.2 Å². The van der Waals surface area contributed by atoms with Gasteiger partial charge in [-0.3, -0.25) is 0 Å². The van der Waals surface area contributed by atoms with E-state index < -0.39 is 29.4 Å². The summed E-state index contributed by atoms with van der Waals surface area (Å²) in [6.07, 6.45) is -4.09. The quantitative estimate of drug-likeness (QED) is 0.407. The lowest BCUT2D eigenvalue weighted by atomic mass is 10.2. The average molecular weight is 291 g/mol. The number of allylic oxidation sites excluding steroid dienone is 1. The van der Waals surface area contributed by atoms with Crippen LogP contribution >= 0.6 is 0 Å². The summed E-state index contributed by atoms with van der Waals surface area (Å²) in [4.78, 5) is 21.1. The van der Waals surface area contributed by atoms with Crippen molar-refractivity contribution in [2.45, 2.75) is 19.6 Å². The lowest BCUT2D eigenvalue weighted by molar-refractivity contribution is -0.312. The van der Waals surface area contributed by atoms with Gasteiger partial charge in [-0.2, -0.15) is 18.3 Å². The van der Waals surface area contributed by atoms with Crippen LogP contribution in [0.2, 0.25) is 0 Å². The van der Waals surface area contributed by atoms with Gasteiger partial charge in [0.1, 0.15) is 11.5 Å². The molecule has 0 radical (unpaired) electrons. The highest BCUT2D eigenvalue weighted by atomic mass is 19.4. The van der Waals surface area contributed by atoms with Gasteiger partial charge in [-0.15, -0.1) is 0 Å². The van der Waals surface area contributed by atoms with Gasteiger partial charge in [0.05, 0.1) is 18.1 Å². The van der Waals surface area contributed by atoms with Crippen LogP contribution in [0.5, 0.6) is 0 Å². The molecule has 0 fully saturated rings. The smallest absolute Gasteiger partial charge is 0.432 e. The summed E-state index contributed by atoms with van der Waals surface area (Å²) in [6.45, 7) is 1.76. The number of aryl methyl sites for hydroxylation is 1. The standard InChI is InChI=1S/C10H10F3N3O4/c1-2-16-5(3-4-14-16)15-7(10(11,12)13)6(8(17)18)9(19)20/h3-4,15H,2H2,1H3,(H,17,18)(H,19,20)/p-2. The molecule has 1 aromatic heterocycles. The number of anilines is 1. The van der Waals surface area contributed by atoms with Crippen molar-refractivity contribution in [1.29, 1.82) is 0 Å². The van der Waals surface area contributed by atoms with E-state index in [9.17, 15) is 33.0 Å². The third-order valence-electron chi connectivity index (χ3n) is 2.21. The molecule has 20 heavy (non-hydrogen) atoms. The lowest BCUT2D eigenvalue weighted by Crippen LogP contribution is -2.40. The molecule has 10 heteroatoms. The van der Waals surface area contributed by atoms with Gasteiger partial charge in [0.2, 0.25) is 0 Å². The van der Waals surface area contributed by atoms with Gasteiger partial charge in [-0.25, -0.2) is 4.68 Å². The molecule has 7 nitrogen and oxygen atoms in total. The van der Waals surface area contributed by atoms with E-state index in [4.69, 9.17) is 0 Å². The highest BCUT2D eigenvalue weighted by molar-refractivity contribution is 6.12. The van der Waals surface area contributed by atoms with E-state index in [1.165, 1.54) is 0 Å². The molecule has 0 aromatic carbocycles. The molecule has 1 heterocycles. The molecule has 1 aromatic rings. The van der Waals surface area contributed by atoms with E-state index in [1.807, 2.05) is 0 Å². The zero-order valence-electron chi connectivity index (χ0n) is 10.0. The van der Waals surface area contributed by atoms with Crippen LogP contribution in [0.1, 0.15) is 6.92 Å². The molecule has 0 saturated heterocycles. The van der Waals surface area contributed by atoms with Gasteiger partial charge < -0.3 is 25.1 Å². The number of carboxylic acid groups (broad SMARTS) is 2. The van der Waals surface area contributed by atoms with Gasteiger partial charge in [0, 0.05) is 18.2 Å². The van der Waals surface area contributed by atoms with Crippen LogP contribution in [0, 0.1) is 0 Å². The Morgan fingerprint density at radius 3 is 2.30 bits per heavy atom. The zero-order valence-corrected chi connectivity index (χ0v) is 10.0. The second-order valence-corrected chi connectivity index (χ2v) is 3.48. The van der Waals surface area contributed by atoms with E-state index in [0.717, 1.165) is 16.9 Å². The summed E-state index contributed by atoms with van der Waals surface area (Å²) < 4.78 is 39.4. The van der Waals surface area contributed by atoms with E-state index in [-0.39, 0.29) is 12.4 Å². The second kappa shape index (κ2) is 5.63. The molecular formula is C10H8F3N3O4-2. The van der Waals surface area contributed by atoms with Crippen LogP contribution in [0.4, 0.5) is 19.0 Å². The van der Waals surface area contributed by atoms with Crippen molar-refractivity contribution in [1.82, 2.24) is 9.78 Å². The summed E-state index contributed by atoms with van der Waals surface area (Å²) in [5, 5.41) is 26.5. The highest BCUT2D eigenvalue weighted by Crippen LogP contribution is 2.29. The molecule has 0 aliphatic carbocycles. The number of hydrogen-bond acceptors (Lipinski definition) is 6. The maximum Gasteiger partial charge on any atom is 0.432 e. The minimum atomic E-state index is -5.25. The number of aliphatic carboxylic acids is 2. The number of carbonyl (C=O) groups is 2. The van der Waals surface area contributed by atoms with Crippen LogP contribution in [-0.2, 0) is 16.1 Å². The molecule has 0 spiro atoms. The second-order valence-electron chi connectivity index (χ2n) is 3.48. The third-order valence-corrected chi connectivity index (χ3v) is 2.21.